The van der Waals surface area contributed by atoms with Crippen LogP contribution in [0.5, 0.6) is 0 Å². The van der Waals surface area contributed by atoms with Crippen molar-refractivity contribution in [3.05, 3.63) is 0 Å². The molecule has 3 amide bonds. The molecule has 0 saturated carbocycles. The molecule has 0 aromatic carbocycles. The van der Waals surface area contributed by atoms with Crippen molar-refractivity contribution in [1.82, 2.24) is 15.5 Å². The lowest BCUT2D eigenvalue weighted by Gasteiger charge is -2.17. The lowest BCUT2D eigenvalue weighted by atomic mass is 10.2. The first kappa shape index (κ1) is 16.2. The van der Waals surface area contributed by atoms with Crippen molar-refractivity contribution >= 4 is 17.9 Å². The Labute approximate surface area is 105 Å². The summed E-state index contributed by atoms with van der Waals surface area (Å²) >= 11 is 0. The second-order valence-electron chi connectivity index (χ2n) is 3.68. The number of carboxylic acids is 1. The molecule has 4 N–H and O–H groups in total. The third kappa shape index (κ3) is 6.69. The SMILES string of the molecule is CCNC(=O)CN(C)C(=O)NCC[C@H](O)C(=O)O. The average molecular weight is 261 g/mol. The van der Waals surface area contributed by atoms with Crippen LogP contribution in [0.15, 0.2) is 0 Å². The van der Waals surface area contributed by atoms with Crippen LogP contribution >= 0.6 is 0 Å². The predicted octanol–water partition coefficient (Wildman–Crippen LogP) is -1.40. The van der Waals surface area contributed by atoms with Crippen LogP contribution in [-0.4, -0.2) is 65.8 Å². The van der Waals surface area contributed by atoms with E-state index < -0.39 is 18.1 Å². The molecule has 18 heavy (non-hydrogen) atoms. The molecule has 0 spiro atoms. The van der Waals surface area contributed by atoms with Gasteiger partial charge in [-0.1, -0.05) is 0 Å². The fourth-order valence-corrected chi connectivity index (χ4v) is 1.11. The Morgan fingerprint density at radius 3 is 2.39 bits per heavy atom. The summed E-state index contributed by atoms with van der Waals surface area (Å²) in [5.74, 6) is -1.61. The Morgan fingerprint density at radius 2 is 1.89 bits per heavy atom. The predicted molar refractivity (Wildman–Crippen MR) is 63.0 cm³/mol. The van der Waals surface area contributed by atoms with Crippen LogP contribution in [0.2, 0.25) is 0 Å². The number of aliphatic hydroxyl groups is 1. The van der Waals surface area contributed by atoms with Gasteiger partial charge in [-0.15, -0.1) is 0 Å². The van der Waals surface area contributed by atoms with Crippen LogP contribution in [0.4, 0.5) is 4.79 Å². The number of nitrogens with one attached hydrogen (secondary N) is 2. The van der Waals surface area contributed by atoms with Gasteiger partial charge in [0.25, 0.3) is 0 Å². The second-order valence-corrected chi connectivity index (χ2v) is 3.68. The summed E-state index contributed by atoms with van der Waals surface area (Å²) in [5.41, 5.74) is 0. The van der Waals surface area contributed by atoms with Gasteiger partial charge in [0, 0.05) is 26.6 Å². The highest BCUT2D eigenvalue weighted by atomic mass is 16.4. The number of nitrogens with zero attached hydrogens (tertiary/aromatic N) is 1. The first-order valence-electron chi connectivity index (χ1n) is 5.55. The maximum absolute atomic E-state index is 11.4. The molecule has 1 atom stereocenters. The molecule has 0 aliphatic rings. The third-order valence-corrected chi connectivity index (χ3v) is 2.08. The summed E-state index contributed by atoms with van der Waals surface area (Å²) < 4.78 is 0. The number of carboxylic acid groups (broad SMARTS) is 1. The second kappa shape index (κ2) is 8.29. The van der Waals surface area contributed by atoms with Crippen LogP contribution in [0.25, 0.3) is 0 Å². The van der Waals surface area contributed by atoms with Gasteiger partial charge in [-0.2, -0.15) is 0 Å². The monoisotopic (exact) mass is 261 g/mol. The average Bonchev–Trinajstić information content (AvgIpc) is 2.28. The first-order chi connectivity index (χ1) is 8.38. The van der Waals surface area contributed by atoms with Crippen molar-refractivity contribution < 1.29 is 24.6 Å². The minimum atomic E-state index is -1.50. The van der Waals surface area contributed by atoms with Crippen LogP contribution in [-0.2, 0) is 9.59 Å². The van der Waals surface area contributed by atoms with E-state index in [1.165, 1.54) is 7.05 Å². The van der Waals surface area contributed by atoms with Crippen LogP contribution in [0.3, 0.4) is 0 Å². The van der Waals surface area contributed by atoms with Gasteiger partial charge in [-0.05, 0) is 6.92 Å². The summed E-state index contributed by atoms with van der Waals surface area (Å²) in [6.45, 7) is 2.19. The molecule has 0 radical (unpaired) electrons. The number of aliphatic hydroxyl groups excluding tert-OH is 1. The standard InChI is InChI=1S/C10H19N3O5/c1-3-11-8(15)6-13(2)10(18)12-5-4-7(14)9(16)17/h7,14H,3-6H2,1-2H3,(H,11,15)(H,12,18)(H,16,17)/t7-/m0/s1. The van der Waals surface area contributed by atoms with E-state index in [0.717, 1.165) is 4.90 Å². The molecular formula is C10H19N3O5. The molecule has 0 aromatic rings. The Kier molecular flexibility index (Phi) is 7.45. The van der Waals surface area contributed by atoms with Crippen molar-refractivity contribution in [2.24, 2.45) is 0 Å². The fraction of sp³-hybridized carbons (Fsp3) is 0.700. The smallest absolute Gasteiger partial charge is 0.332 e. The van der Waals surface area contributed by atoms with Gasteiger partial charge in [0.1, 0.15) is 6.54 Å². The summed E-state index contributed by atoms with van der Waals surface area (Å²) in [6.07, 6.45) is -1.59. The summed E-state index contributed by atoms with van der Waals surface area (Å²) in [4.78, 5) is 34.1. The van der Waals surface area contributed by atoms with Crippen molar-refractivity contribution in [3.8, 4) is 0 Å². The number of aliphatic carboxylic acids is 1. The zero-order chi connectivity index (χ0) is 14.1. The number of hydrogen-bond acceptors (Lipinski definition) is 4. The molecule has 8 heteroatoms. The van der Waals surface area contributed by atoms with Crippen LogP contribution in [0, 0.1) is 0 Å². The van der Waals surface area contributed by atoms with Gasteiger partial charge in [-0.3, -0.25) is 4.79 Å². The molecule has 0 aliphatic carbocycles. The molecule has 0 aromatic heterocycles. The molecule has 0 saturated heterocycles. The molecule has 0 rings (SSSR count). The molecule has 0 unspecified atom stereocenters. The lowest BCUT2D eigenvalue weighted by Crippen LogP contribution is -2.44. The number of carbonyl (C=O) groups is 3. The number of rotatable bonds is 7. The molecule has 104 valence electrons. The van der Waals surface area contributed by atoms with E-state index in [-0.39, 0.29) is 25.4 Å². The highest BCUT2D eigenvalue weighted by molar-refractivity contribution is 5.83. The lowest BCUT2D eigenvalue weighted by molar-refractivity contribution is -0.146. The van der Waals surface area contributed by atoms with Crippen LogP contribution in [0.1, 0.15) is 13.3 Å². The minimum Gasteiger partial charge on any atom is -0.479 e. The van der Waals surface area contributed by atoms with Gasteiger partial charge in [-0.25, -0.2) is 9.59 Å². The molecule has 0 fully saturated rings. The molecule has 0 bridgehead atoms. The summed E-state index contributed by atoms with van der Waals surface area (Å²) in [6, 6.07) is -0.501. The van der Waals surface area contributed by atoms with E-state index in [1.54, 1.807) is 6.92 Å². The van der Waals surface area contributed by atoms with E-state index in [0.29, 0.717) is 6.54 Å². The van der Waals surface area contributed by atoms with Gasteiger partial charge in [0.15, 0.2) is 6.10 Å². The minimum absolute atomic E-state index is 0.0199. The fourth-order valence-electron chi connectivity index (χ4n) is 1.11. The summed E-state index contributed by atoms with van der Waals surface area (Å²) in [7, 11) is 1.44. The van der Waals surface area contributed by atoms with Gasteiger partial charge in [0.05, 0.1) is 0 Å². The van der Waals surface area contributed by atoms with E-state index >= 15 is 0 Å². The Balaban J connectivity index is 3.88. The number of likely N-dealkylation sites (N-methyl/N-ethyl adjacent to an activating group) is 2. The van der Waals surface area contributed by atoms with Crippen molar-refractivity contribution in [2.45, 2.75) is 19.4 Å². The zero-order valence-electron chi connectivity index (χ0n) is 10.5. The Hall–Kier alpha value is -1.83. The maximum Gasteiger partial charge on any atom is 0.332 e. The van der Waals surface area contributed by atoms with Gasteiger partial charge in [0.2, 0.25) is 5.91 Å². The van der Waals surface area contributed by atoms with Gasteiger partial charge < -0.3 is 25.7 Å². The number of amides is 3. The van der Waals surface area contributed by atoms with E-state index in [4.69, 9.17) is 10.2 Å². The largest absolute Gasteiger partial charge is 0.479 e. The zero-order valence-corrected chi connectivity index (χ0v) is 10.5. The van der Waals surface area contributed by atoms with Crippen molar-refractivity contribution in [2.75, 3.05) is 26.7 Å². The van der Waals surface area contributed by atoms with E-state index in [9.17, 15) is 14.4 Å². The first-order valence-corrected chi connectivity index (χ1v) is 5.55. The van der Waals surface area contributed by atoms with E-state index in [2.05, 4.69) is 10.6 Å². The number of urea groups is 1. The Morgan fingerprint density at radius 1 is 1.28 bits per heavy atom. The maximum atomic E-state index is 11.4. The number of hydrogen-bond donors (Lipinski definition) is 4. The normalized spacial score (nSPS) is 11.5. The molecule has 0 aliphatic heterocycles. The number of carbonyl (C=O) groups excluding carboxylic acids is 2. The molecular weight excluding hydrogens is 242 g/mol. The highest BCUT2D eigenvalue weighted by Gasteiger charge is 2.15. The van der Waals surface area contributed by atoms with Gasteiger partial charge >= 0.3 is 12.0 Å². The van der Waals surface area contributed by atoms with Crippen molar-refractivity contribution in [1.29, 1.82) is 0 Å². The summed E-state index contributed by atoms with van der Waals surface area (Å²) in [5, 5.41) is 22.3. The Bertz CT molecular complexity index is 308. The topological polar surface area (TPSA) is 119 Å². The van der Waals surface area contributed by atoms with E-state index in [1.807, 2.05) is 0 Å². The molecule has 8 nitrogen and oxygen atoms in total. The van der Waals surface area contributed by atoms with Crippen molar-refractivity contribution in [3.63, 3.8) is 0 Å². The van der Waals surface area contributed by atoms with Crippen LogP contribution < -0.4 is 10.6 Å². The molecule has 0 heterocycles. The highest BCUT2D eigenvalue weighted by Crippen LogP contribution is 1.91. The third-order valence-electron chi connectivity index (χ3n) is 2.08. The quantitative estimate of drug-likeness (QED) is 0.449.